The molecule has 82 valence electrons. The minimum atomic E-state index is 0.454. The Bertz CT molecular complexity index is 311. The Hall–Kier alpha value is -0.820. The standard InChI is InChI=1S/C14H21N/c1-2-11-4-3-5-13(10-11)12-6-8-14(15)9-7-12/h3-5,10,12,14H,2,6-9,15H2,1H3. The Morgan fingerprint density at radius 1 is 1.20 bits per heavy atom. The molecule has 0 amide bonds. The third kappa shape index (κ3) is 2.60. The number of rotatable bonds is 2. The highest BCUT2D eigenvalue weighted by molar-refractivity contribution is 5.26. The van der Waals surface area contributed by atoms with Crippen LogP contribution in [0.1, 0.15) is 49.7 Å². The Labute approximate surface area is 92.7 Å². The van der Waals surface area contributed by atoms with Gasteiger partial charge in [-0.3, -0.25) is 0 Å². The molecule has 1 nitrogen and oxygen atoms in total. The summed E-state index contributed by atoms with van der Waals surface area (Å²) in [4.78, 5) is 0. The van der Waals surface area contributed by atoms with Crippen molar-refractivity contribution in [2.24, 2.45) is 5.73 Å². The fourth-order valence-electron chi connectivity index (χ4n) is 2.52. The number of benzene rings is 1. The van der Waals surface area contributed by atoms with Gasteiger partial charge in [-0.05, 0) is 49.1 Å². The molecule has 1 fully saturated rings. The molecule has 2 N–H and O–H groups in total. The fourth-order valence-corrected chi connectivity index (χ4v) is 2.52. The van der Waals surface area contributed by atoms with Crippen LogP contribution in [0, 0.1) is 0 Å². The molecular weight excluding hydrogens is 182 g/mol. The molecule has 0 heterocycles. The van der Waals surface area contributed by atoms with E-state index in [1.807, 2.05) is 0 Å². The van der Waals surface area contributed by atoms with Crippen LogP contribution in [0.4, 0.5) is 0 Å². The Kier molecular flexibility index (Phi) is 3.42. The minimum Gasteiger partial charge on any atom is -0.328 e. The summed E-state index contributed by atoms with van der Waals surface area (Å²) in [7, 11) is 0. The average Bonchev–Trinajstić information content (AvgIpc) is 2.30. The lowest BCUT2D eigenvalue weighted by atomic mass is 9.81. The van der Waals surface area contributed by atoms with Gasteiger partial charge in [-0.15, -0.1) is 0 Å². The predicted octanol–water partition coefficient (Wildman–Crippen LogP) is 3.23. The van der Waals surface area contributed by atoms with Gasteiger partial charge in [-0.25, -0.2) is 0 Å². The summed E-state index contributed by atoms with van der Waals surface area (Å²) >= 11 is 0. The lowest BCUT2D eigenvalue weighted by Crippen LogP contribution is -2.25. The topological polar surface area (TPSA) is 26.0 Å². The average molecular weight is 203 g/mol. The van der Waals surface area contributed by atoms with Gasteiger partial charge in [0, 0.05) is 6.04 Å². The molecule has 1 aromatic rings. The molecule has 0 unspecified atom stereocenters. The SMILES string of the molecule is CCc1cccc(C2CCC(N)CC2)c1. The number of aryl methyl sites for hydroxylation is 1. The van der Waals surface area contributed by atoms with Crippen molar-refractivity contribution in [3.63, 3.8) is 0 Å². The zero-order valence-corrected chi connectivity index (χ0v) is 9.58. The normalized spacial score (nSPS) is 26.5. The Balaban J connectivity index is 2.08. The summed E-state index contributed by atoms with van der Waals surface area (Å²) in [5.74, 6) is 0.760. The van der Waals surface area contributed by atoms with E-state index in [0.29, 0.717) is 6.04 Å². The number of hydrogen-bond acceptors (Lipinski definition) is 1. The maximum atomic E-state index is 5.93. The smallest absolute Gasteiger partial charge is 0.00392 e. The Morgan fingerprint density at radius 2 is 1.93 bits per heavy atom. The van der Waals surface area contributed by atoms with Gasteiger partial charge >= 0.3 is 0 Å². The van der Waals surface area contributed by atoms with Crippen LogP contribution in [0.25, 0.3) is 0 Å². The molecule has 1 aliphatic carbocycles. The van der Waals surface area contributed by atoms with E-state index in [-0.39, 0.29) is 0 Å². The van der Waals surface area contributed by atoms with E-state index in [1.165, 1.54) is 36.8 Å². The molecule has 0 bridgehead atoms. The second kappa shape index (κ2) is 4.80. The van der Waals surface area contributed by atoms with E-state index in [4.69, 9.17) is 5.73 Å². The maximum absolute atomic E-state index is 5.93. The highest BCUT2D eigenvalue weighted by Gasteiger charge is 2.19. The first-order chi connectivity index (χ1) is 7.29. The molecular formula is C14H21N. The second-order valence-electron chi connectivity index (χ2n) is 4.71. The minimum absolute atomic E-state index is 0.454. The van der Waals surface area contributed by atoms with E-state index < -0.39 is 0 Å². The van der Waals surface area contributed by atoms with Crippen molar-refractivity contribution in [3.05, 3.63) is 35.4 Å². The first-order valence-corrected chi connectivity index (χ1v) is 6.14. The molecule has 0 aliphatic heterocycles. The van der Waals surface area contributed by atoms with Crippen molar-refractivity contribution in [1.82, 2.24) is 0 Å². The van der Waals surface area contributed by atoms with E-state index >= 15 is 0 Å². The van der Waals surface area contributed by atoms with E-state index in [9.17, 15) is 0 Å². The molecule has 0 spiro atoms. The third-order valence-electron chi connectivity index (χ3n) is 3.60. The molecule has 1 aromatic carbocycles. The van der Waals surface area contributed by atoms with Crippen molar-refractivity contribution in [2.45, 2.75) is 51.0 Å². The molecule has 2 rings (SSSR count). The highest BCUT2D eigenvalue weighted by atomic mass is 14.6. The first-order valence-electron chi connectivity index (χ1n) is 6.14. The molecule has 1 aliphatic rings. The summed E-state index contributed by atoms with van der Waals surface area (Å²) in [6, 6.07) is 9.53. The zero-order chi connectivity index (χ0) is 10.7. The molecule has 0 aromatic heterocycles. The van der Waals surface area contributed by atoms with Crippen LogP contribution >= 0.6 is 0 Å². The van der Waals surface area contributed by atoms with E-state index in [1.54, 1.807) is 0 Å². The predicted molar refractivity (Wildman–Crippen MR) is 65.0 cm³/mol. The van der Waals surface area contributed by atoms with E-state index in [2.05, 4.69) is 31.2 Å². The molecule has 1 heteroatoms. The van der Waals surface area contributed by atoms with Crippen LogP contribution in [0.15, 0.2) is 24.3 Å². The quantitative estimate of drug-likeness (QED) is 0.784. The second-order valence-corrected chi connectivity index (χ2v) is 4.71. The number of nitrogens with two attached hydrogens (primary N) is 1. The van der Waals surface area contributed by atoms with Gasteiger partial charge in [0.15, 0.2) is 0 Å². The lowest BCUT2D eigenvalue weighted by Gasteiger charge is -2.26. The summed E-state index contributed by atoms with van der Waals surface area (Å²) < 4.78 is 0. The van der Waals surface area contributed by atoms with Crippen molar-refractivity contribution in [3.8, 4) is 0 Å². The third-order valence-corrected chi connectivity index (χ3v) is 3.60. The van der Waals surface area contributed by atoms with Crippen LogP contribution in [-0.4, -0.2) is 6.04 Å². The monoisotopic (exact) mass is 203 g/mol. The largest absolute Gasteiger partial charge is 0.328 e. The van der Waals surface area contributed by atoms with Gasteiger partial charge in [-0.2, -0.15) is 0 Å². The van der Waals surface area contributed by atoms with Gasteiger partial charge in [0.25, 0.3) is 0 Å². The van der Waals surface area contributed by atoms with Crippen molar-refractivity contribution >= 4 is 0 Å². The van der Waals surface area contributed by atoms with Crippen LogP contribution < -0.4 is 5.73 Å². The molecule has 1 saturated carbocycles. The zero-order valence-electron chi connectivity index (χ0n) is 9.58. The van der Waals surface area contributed by atoms with Crippen LogP contribution in [0.2, 0.25) is 0 Å². The van der Waals surface area contributed by atoms with Gasteiger partial charge < -0.3 is 5.73 Å². The van der Waals surface area contributed by atoms with Gasteiger partial charge in [0.05, 0.1) is 0 Å². The van der Waals surface area contributed by atoms with Gasteiger partial charge in [0.2, 0.25) is 0 Å². The summed E-state index contributed by atoms with van der Waals surface area (Å²) in [5.41, 5.74) is 8.92. The lowest BCUT2D eigenvalue weighted by molar-refractivity contribution is 0.395. The summed E-state index contributed by atoms with van der Waals surface area (Å²) in [6.45, 7) is 2.22. The van der Waals surface area contributed by atoms with Gasteiger partial charge in [-0.1, -0.05) is 31.2 Å². The first kappa shape index (κ1) is 10.7. The maximum Gasteiger partial charge on any atom is 0.00392 e. The molecule has 0 atom stereocenters. The Morgan fingerprint density at radius 3 is 2.60 bits per heavy atom. The summed E-state index contributed by atoms with van der Waals surface area (Å²) in [6.07, 6.45) is 6.07. The molecule has 15 heavy (non-hydrogen) atoms. The van der Waals surface area contributed by atoms with E-state index in [0.717, 1.165) is 12.3 Å². The fraction of sp³-hybridized carbons (Fsp3) is 0.571. The summed E-state index contributed by atoms with van der Waals surface area (Å²) in [5, 5.41) is 0. The molecule has 0 radical (unpaired) electrons. The molecule has 0 saturated heterocycles. The van der Waals surface area contributed by atoms with Gasteiger partial charge in [0.1, 0.15) is 0 Å². The van der Waals surface area contributed by atoms with Crippen molar-refractivity contribution < 1.29 is 0 Å². The highest BCUT2D eigenvalue weighted by Crippen LogP contribution is 2.32. The van der Waals surface area contributed by atoms with Crippen LogP contribution in [0.3, 0.4) is 0 Å². The van der Waals surface area contributed by atoms with Crippen molar-refractivity contribution in [2.75, 3.05) is 0 Å². The van der Waals surface area contributed by atoms with Crippen LogP contribution in [-0.2, 0) is 6.42 Å². The number of hydrogen-bond donors (Lipinski definition) is 1. The van der Waals surface area contributed by atoms with Crippen LogP contribution in [0.5, 0.6) is 0 Å². The van der Waals surface area contributed by atoms with Crippen molar-refractivity contribution in [1.29, 1.82) is 0 Å².